The van der Waals surface area contributed by atoms with Crippen molar-refractivity contribution in [3.05, 3.63) is 23.8 Å². The predicted octanol–water partition coefficient (Wildman–Crippen LogP) is 4.09. The lowest BCUT2D eigenvalue weighted by Crippen LogP contribution is -2.49. The molecule has 0 atom stereocenters. The number of hydrogen-bond acceptors (Lipinski definition) is 3. The van der Waals surface area contributed by atoms with Crippen molar-refractivity contribution in [1.29, 1.82) is 0 Å². The summed E-state index contributed by atoms with van der Waals surface area (Å²) < 4.78 is 10.8. The van der Waals surface area contributed by atoms with Crippen LogP contribution in [0.4, 0.5) is 0 Å². The van der Waals surface area contributed by atoms with Crippen LogP contribution in [0.5, 0.6) is 11.5 Å². The van der Waals surface area contributed by atoms with E-state index in [-0.39, 0.29) is 16.4 Å². The standard InChI is InChI=1S/C18H29NO2/c1-16(2)10-17(3,4)12-18(19,11-16)13-7-8-14(20-5)15(9-13)21-6/h7-9H,10-12,19H2,1-6H3. The number of hydrogen-bond donors (Lipinski definition) is 1. The average Bonchev–Trinajstić information content (AvgIpc) is 2.33. The predicted molar refractivity (Wildman–Crippen MR) is 86.8 cm³/mol. The van der Waals surface area contributed by atoms with Gasteiger partial charge in [-0.05, 0) is 47.8 Å². The second kappa shape index (κ2) is 5.20. The minimum absolute atomic E-state index is 0.240. The fraction of sp³-hybridized carbons (Fsp3) is 0.667. The quantitative estimate of drug-likeness (QED) is 0.912. The molecule has 1 aliphatic carbocycles. The molecule has 2 N–H and O–H groups in total. The summed E-state index contributed by atoms with van der Waals surface area (Å²) in [6, 6.07) is 6.08. The molecule has 3 nitrogen and oxygen atoms in total. The van der Waals surface area contributed by atoms with E-state index < -0.39 is 0 Å². The second-order valence-electron chi connectivity index (χ2n) is 8.08. The summed E-state index contributed by atoms with van der Waals surface area (Å²) in [5, 5.41) is 0. The molecule has 0 aromatic heterocycles. The van der Waals surface area contributed by atoms with Gasteiger partial charge in [-0.2, -0.15) is 0 Å². The van der Waals surface area contributed by atoms with Crippen LogP contribution in [-0.2, 0) is 5.54 Å². The summed E-state index contributed by atoms with van der Waals surface area (Å²) >= 11 is 0. The maximum Gasteiger partial charge on any atom is 0.161 e. The SMILES string of the molecule is COc1ccc(C2(N)CC(C)(C)CC(C)(C)C2)cc1OC. The zero-order valence-corrected chi connectivity index (χ0v) is 14.2. The Balaban J connectivity index is 2.43. The van der Waals surface area contributed by atoms with Crippen molar-refractivity contribution >= 4 is 0 Å². The minimum Gasteiger partial charge on any atom is -0.493 e. The lowest BCUT2D eigenvalue weighted by atomic mass is 9.57. The number of nitrogens with two attached hydrogens (primary N) is 1. The molecule has 0 bridgehead atoms. The van der Waals surface area contributed by atoms with Gasteiger partial charge in [0.25, 0.3) is 0 Å². The molecule has 0 spiro atoms. The molecule has 0 radical (unpaired) electrons. The minimum atomic E-state index is -0.315. The van der Waals surface area contributed by atoms with Crippen molar-refractivity contribution in [3.63, 3.8) is 0 Å². The highest BCUT2D eigenvalue weighted by Gasteiger charge is 2.46. The van der Waals surface area contributed by atoms with Crippen molar-refractivity contribution in [2.75, 3.05) is 14.2 Å². The van der Waals surface area contributed by atoms with Gasteiger partial charge in [0, 0.05) is 5.54 Å². The number of methoxy groups -OCH3 is 2. The Morgan fingerprint density at radius 1 is 0.857 bits per heavy atom. The Labute approximate surface area is 128 Å². The summed E-state index contributed by atoms with van der Waals surface area (Å²) in [5.74, 6) is 1.50. The fourth-order valence-electron chi connectivity index (χ4n) is 4.54. The first-order valence-corrected chi connectivity index (χ1v) is 7.62. The normalized spacial score (nSPS) is 22.6. The molecule has 118 valence electrons. The second-order valence-corrected chi connectivity index (χ2v) is 8.08. The molecule has 1 aliphatic rings. The van der Waals surface area contributed by atoms with Crippen LogP contribution in [0.25, 0.3) is 0 Å². The Morgan fingerprint density at radius 3 is 1.86 bits per heavy atom. The molecule has 1 saturated carbocycles. The molecule has 3 heteroatoms. The van der Waals surface area contributed by atoms with Crippen LogP contribution in [0.1, 0.15) is 52.5 Å². The Bertz CT molecular complexity index is 504. The average molecular weight is 291 g/mol. The van der Waals surface area contributed by atoms with Gasteiger partial charge >= 0.3 is 0 Å². The van der Waals surface area contributed by atoms with Gasteiger partial charge in [0.05, 0.1) is 14.2 Å². The van der Waals surface area contributed by atoms with Crippen LogP contribution in [-0.4, -0.2) is 14.2 Å². The lowest BCUT2D eigenvalue weighted by molar-refractivity contribution is 0.0469. The maximum atomic E-state index is 6.85. The van der Waals surface area contributed by atoms with Crippen molar-refractivity contribution in [2.24, 2.45) is 16.6 Å². The Hall–Kier alpha value is -1.22. The van der Waals surface area contributed by atoms with E-state index in [1.54, 1.807) is 14.2 Å². The maximum absolute atomic E-state index is 6.85. The number of ether oxygens (including phenoxy) is 2. The van der Waals surface area contributed by atoms with Crippen LogP contribution < -0.4 is 15.2 Å². The van der Waals surface area contributed by atoms with E-state index >= 15 is 0 Å². The third kappa shape index (κ3) is 3.34. The first-order valence-electron chi connectivity index (χ1n) is 7.62. The largest absolute Gasteiger partial charge is 0.493 e. The molecule has 0 saturated heterocycles. The summed E-state index contributed by atoms with van der Waals surface area (Å²) in [4.78, 5) is 0. The monoisotopic (exact) mass is 291 g/mol. The molecule has 0 aliphatic heterocycles. The zero-order chi connectivity index (χ0) is 15.9. The summed E-state index contributed by atoms with van der Waals surface area (Å²) in [6.45, 7) is 9.26. The first kappa shape index (κ1) is 16.2. The molecular formula is C18H29NO2. The molecule has 1 fully saturated rings. The highest BCUT2D eigenvalue weighted by molar-refractivity contribution is 5.45. The topological polar surface area (TPSA) is 44.5 Å². The molecule has 1 aromatic carbocycles. The van der Waals surface area contributed by atoms with Gasteiger partial charge in [0.15, 0.2) is 11.5 Å². The van der Waals surface area contributed by atoms with E-state index in [4.69, 9.17) is 15.2 Å². The van der Waals surface area contributed by atoms with Crippen molar-refractivity contribution in [1.82, 2.24) is 0 Å². The van der Waals surface area contributed by atoms with Crippen molar-refractivity contribution < 1.29 is 9.47 Å². The van der Waals surface area contributed by atoms with Gasteiger partial charge in [0.2, 0.25) is 0 Å². The van der Waals surface area contributed by atoms with E-state index in [0.717, 1.165) is 29.9 Å². The molecule has 21 heavy (non-hydrogen) atoms. The van der Waals surface area contributed by atoms with Crippen LogP contribution >= 0.6 is 0 Å². The van der Waals surface area contributed by atoms with Crippen molar-refractivity contribution in [2.45, 2.75) is 52.5 Å². The third-order valence-electron chi connectivity index (χ3n) is 4.50. The van der Waals surface area contributed by atoms with Crippen LogP contribution in [0.3, 0.4) is 0 Å². The zero-order valence-electron chi connectivity index (χ0n) is 14.2. The summed E-state index contributed by atoms with van der Waals surface area (Å²) in [6.07, 6.45) is 3.17. The highest BCUT2D eigenvalue weighted by atomic mass is 16.5. The van der Waals surface area contributed by atoms with Gasteiger partial charge in [0.1, 0.15) is 0 Å². The van der Waals surface area contributed by atoms with Gasteiger partial charge in [-0.1, -0.05) is 33.8 Å². The van der Waals surface area contributed by atoms with E-state index in [1.807, 2.05) is 12.1 Å². The number of rotatable bonds is 3. The smallest absolute Gasteiger partial charge is 0.161 e. The molecule has 1 aromatic rings. The van der Waals surface area contributed by atoms with Crippen molar-refractivity contribution in [3.8, 4) is 11.5 Å². The molecule has 0 unspecified atom stereocenters. The Morgan fingerprint density at radius 2 is 1.38 bits per heavy atom. The first-order chi connectivity index (χ1) is 9.61. The molecular weight excluding hydrogens is 262 g/mol. The highest BCUT2D eigenvalue weighted by Crippen LogP contribution is 2.53. The van der Waals surface area contributed by atoms with Gasteiger partial charge in [-0.3, -0.25) is 0 Å². The summed E-state index contributed by atoms with van der Waals surface area (Å²) in [5.41, 5.74) is 8.15. The molecule has 0 heterocycles. The Kier molecular flexibility index (Phi) is 4.00. The van der Waals surface area contributed by atoms with E-state index in [9.17, 15) is 0 Å². The third-order valence-corrected chi connectivity index (χ3v) is 4.50. The van der Waals surface area contributed by atoms with Gasteiger partial charge < -0.3 is 15.2 Å². The van der Waals surface area contributed by atoms with Gasteiger partial charge in [-0.25, -0.2) is 0 Å². The fourth-order valence-corrected chi connectivity index (χ4v) is 4.54. The lowest BCUT2D eigenvalue weighted by Gasteiger charge is -2.50. The van der Waals surface area contributed by atoms with Crippen LogP contribution in [0.2, 0.25) is 0 Å². The number of benzene rings is 1. The van der Waals surface area contributed by atoms with Crippen LogP contribution in [0.15, 0.2) is 18.2 Å². The van der Waals surface area contributed by atoms with Crippen LogP contribution in [0, 0.1) is 10.8 Å². The molecule has 2 rings (SSSR count). The van der Waals surface area contributed by atoms with E-state index in [1.165, 1.54) is 6.42 Å². The molecule has 0 amide bonds. The van der Waals surface area contributed by atoms with E-state index in [2.05, 4.69) is 33.8 Å². The summed E-state index contributed by atoms with van der Waals surface area (Å²) in [7, 11) is 3.32. The van der Waals surface area contributed by atoms with Gasteiger partial charge in [-0.15, -0.1) is 0 Å². The van der Waals surface area contributed by atoms with E-state index in [0.29, 0.717) is 0 Å².